The SMILES string of the molecule is C=CCP(O)(O)=S.Cl. The van der Waals surface area contributed by atoms with Crippen LogP contribution in [0.15, 0.2) is 12.7 Å². The standard InChI is InChI=1S/C3H7O2PS.ClH/c1-2-3-6(4,5)7;/h2H,1,3H2,(H2,4,5,7);1H. The van der Waals surface area contributed by atoms with Gasteiger partial charge in [0.15, 0.2) is 6.49 Å². The van der Waals surface area contributed by atoms with Gasteiger partial charge in [-0.1, -0.05) is 6.08 Å². The lowest BCUT2D eigenvalue weighted by molar-refractivity contribution is 0.483. The molecule has 0 unspecified atom stereocenters. The van der Waals surface area contributed by atoms with Gasteiger partial charge in [0.25, 0.3) is 0 Å². The Morgan fingerprint density at radius 1 is 1.62 bits per heavy atom. The third kappa shape index (κ3) is 9.78. The van der Waals surface area contributed by atoms with Crippen LogP contribution in [0.5, 0.6) is 0 Å². The molecule has 0 aromatic rings. The molecule has 0 aliphatic carbocycles. The van der Waals surface area contributed by atoms with Crippen LogP contribution in [0.3, 0.4) is 0 Å². The van der Waals surface area contributed by atoms with Crippen LogP contribution in [-0.2, 0) is 11.8 Å². The Balaban J connectivity index is 0. The van der Waals surface area contributed by atoms with Crippen LogP contribution in [0.4, 0.5) is 0 Å². The highest BCUT2D eigenvalue weighted by molar-refractivity contribution is 8.09. The molecule has 0 spiro atoms. The fourth-order valence-electron chi connectivity index (χ4n) is 0.168. The molecule has 0 fully saturated rings. The van der Waals surface area contributed by atoms with Gasteiger partial charge in [0, 0.05) is 6.16 Å². The molecule has 0 saturated carbocycles. The van der Waals surface area contributed by atoms with Gasteiger partial charge in [-0.15, -0.1) is 19.0 Å². The third-order valence-corrected chi connectivity index (χ3v) is 1.55. The number of allylic oxidation sites excluding steroid dienone is 1. The van der Waals surface area contributed by atoms with Crippen molar-refractivity contribution >= 4 is 30.7 Å². The lowest BCUT2D eigenvalue weighted by Gasteiger charge is -1.99. The van der Waals surface area contributed by atoms with Gasteiger partial charge in [0.2, 0.25) is 0 Å². The smallest absolute Gasteiger partial charge is 0.187 e. The first kappa shape index (κ1) is 11.4. The lowest BCUT2D eigenvalue weighted by atomic mass is 10.8. The zero-order valence-corrected chi connectivity index (χ0v) is 6.68. The van der Waals surface area contributed by atoms with Gasteiger partial charge in [-0.2, -0.15) is 0 Å². The summed E-state index contributed by atoms with van der Waals surface area (Å²) in [5.74, 6) is 0. The molecule has 0 rings (SSSR count). The minimum atomic E-state index is -2.95. The molecule has 50 valence electrons. The van der Waals surface area contributed by atoms with E-state index >= 15 is 0 Å². The van der Waals surface area contributed by atoms with Gasteiger partial charge in [0.05, 0.1) is 0 Å². The molecule has 0 radical (unpaired) electrons. The van der Waals surface area contributed by atoms with Crippen LogP contribution in [-0.4, -0.2) is 15.9 Å². The highest BCUT2D eigenvalue weighted by Gasteiger charge is 2.00. The van der Waals surface area contributed by atoms with Crippen LogP contribution >= 0.6 is 18.9 Å². The quantitative estimate of drug-likeness (QED) is 0.483. The molecule has 0 amide bonds. The Morgan fingerprint density at radius 2 is 2.00 bits per heavy atom. The van der Waals surface area contributed by atoms with E-state index in [0.717, 1.165) is 0 Å². The van der Waals surface area contributed by atoms with Gasteiger partial charge < -0.3 is 9.79 Å². The summed E-state index contributed by atoms with van der Waals surface area (Å²) in [6, 6.07) is 0. The minimum Gasteiger partial charge on any atom is -0.345 e. The lowest BCUT2D eigenvalue weighted by Crippen LogP contribution is -1.78. The topological polar surface area (TPSA) is 40.5 Å². The van der Waals surface area contributed by atoms with Gasteiger partial charge in [-0.25, -0.2) is 0 Å². The van der Waals surface area contributed by atoms with E-state index in [-0.39, 0.29) is 18.6 Å². The van der Waals surface area contributed by atoms with Crippen molar-refractivity contribution in [3.8, 4) is 0 Å². The second kappa shape index (κ2) is 4.48. The average Bonchev–Trinajstić information content (AvgIpc) is 1.30. The maximum absolute atomic E-state index is 8.43. The van der Waals surface area contributed by atoms with Crippen molar-refractivity contribution in [1.29, 1.82) is 0 Å². The van der Waals surface area contributed by atoms with Crippen molar-refractivity contribution in [3.63, 3.8) is 0 Å². The number of halogens is 1. The van der Waals surface area contributed by atoms with E-state index in [1.165, 1.54) is 6.08 Å². The first-order valence-corrected chi connectivity index (χ1v) is 4.61. The molecule has 0 aromatic heterocycles. The number of hydrogen-bond acceptors (Lipinski definition) is 1. The molecule has 2 nitrogen and oxygen atoms in total. The Morgan fingerprint density at radius 3 is 2.00 bits per heavy atom. The van der Waals surface area contributed by atoms with Crippen molar-refractivity contribution in [2.45, 2.75) is 0 Å². The van der Waals surface area contributed by atoms with E-state index in [1.807, 2.05) is 0 Å². The van der Waals surface area contributed by atoms with Crippen LogP contribution in [0.2, 0.25) is 0 Å². The molecule has 2 N–H and O–H groups in total. The molecule has 0 atom stereocenters. The zero-order chi connectivity index (χ0) is 5.91. The van der Waals surface area contributed by atoms with E-state index in [2.05, 4.69) is 18.4 Å². The summed E-state index contributed by atoms with van der Waals surface area (Å²) in [6.45, 7) is 0.337. The van der Waals surface area contributed by atoms with Crippen molar-refractivity contribution < 1.29 is 9.79 Å². The average molecular weight is 175 g/mol. The number of rotatable bonds is 2. The Labute approximate surface area is 59.8 Å². The molecular formula is C3H8ClO2PS. The largest absolute Gasteiger partial charge is 0.345 e. The van der Waals surface area contributed by atoms with Gasteiger partial charge in [0.1, 0.15) is 0 Å². The summed E-state index contributed by atoms with van der Waals surface area (Å²) in [7, 11) is 0. The molecule has 0 heterocycles. The summed E-state index contributed by atoms with van der Waals surface area (Å²) >= 11 is 4.23. The molecule has 0 saturated heterocycles. The first-order chi connectivity index (χ1) is 3.06. The fourth-order valence-corrected chi connectivity index (χ4v) is 0.821. The Kier molecular flexibility index (Phi) is 6.38. The van der Waals surface area contributed by atoms with Crippen molar-refractivity contribution in [1.82, 2.24) is 0 Å². The molecular weight excluding hydrogens is 167 g/mol. The predicted octanol–water partition coefficient (Wildman–Crippen LogP) is 0.888. The van der Waals surface area contributed by atoms with E-state index in [1.54, 1.807) is 0 Å². The number of hydrogen-bond donors (Lipinski definition) is 2. The van der Waals surface area contributed by atoms with E-state index in [4.69, 9.17) is 9.79 Å². The summed E-state index contributed by atoms with van der Waals surface area (Å²) in [5, 5.41) is 0. The summed E-state index contributed by atoms with van der Waals surface area (Å²) < 4.78 is 0. The second-order valence-electron chi connectivity index (χ2n) is 1.14. The highest BCUT2D eigenvalue weighted by atomic mass is 35.5. The normalized spacial score (nSPS) is 9.75. The van der Waals surface area contributed by atoms with Crippen LogP contribution in [0.25, 0.3) is 0 Å². The van der Waals surface area contributed by atoms with E-state index < -0.39 is 6.49 Å². The van der Waals surface area contributed by atoms with Crippen molar-refractivity contribution in [3.05, 3.63) is 12.7 Å². The first-order valence-electron chi connectivity index (χ1n) is 1.72. The Bertz CT molecular complexity index is 110. The van der Waals surface area contributed by atoms with E-state index in [9.17, 15) is 0 Å². The molecule has 5 heteroatoms. The summed E-state index contributed by atoms with van der Waals surface area (Å²) in [5.41, 5.74) is 0. The van der Waals surface area contributed by atoms with Crippen LogP contribution < -0.4 is 0 Å². The molecule has 0 aliphatic rings. The Hall–Kier alpha value is 0.600. The van der Waals surface area contributed by atoms with Gasteiger partial charge >= 0.3 is 0 Å². The second-order valence-corrected chi connectivity index (χ2v) is 4.58. The monoisotopic (exact) mass is 174 g/mol. The summed E-state index contributed by atoms with van der Waals surface area (Å²) in [4.78, 5) is 16.9. The minimum absolute atomic E-state index is 0. The van der Waals surface area contributed by atoms with Crippen molar-refractivity contribution in [2.75, 3.05) is 6.16 Å². The predicted molar refractivity (Wildman–Crippen MR) is 41.0 cm³/mol. The van der Waals surface area contributed by atoms with Gasteiger partial charge in [-0.3, -0.25) is 0 Å². The molecule has 0 aromatic carbocycles. The van der Waals surface area contributed by atoms with E-state index in [0.29, 0.717) is 0 Å². The third-order valence-electron chi connectivity index (χ3n) is 0.367. The summed E-state index contributed by atoms with van der Waals surface area (Å²) in [6.07, 6.45) is 1.54. The van der Waals surface area contributed by atoms with Crippen molar-refractivity contribution in [2.24, 2.45) is 0 Å². The van der Waals surface area contributed by atoms with Gasteiger partial charge in [-0.05, 0) is 11.8 Å². The zero-order valence-electron chi connectivity index (χ0n) is 4.15. The van der Waals surface area contributed by atoms with Crippen LogP contribution in [0.1, 0.15) is 0 Å². The molecule has 8 heavy (non-hydrogen) atoms. The molecule has 0 bridgehead atoms. The maximum Gasteiger partial charge on any atom is 0.187 e. The fraction of sp³-hybridized carbons (Fsp3) is 0.333. The maximum atomic E-state index is 8.43. The molecule has 0 aliphatic heterocycles. The highest BCUT2D eigenvalue weighted by Crippen LogP contribution is 2.33. The van der Waals surface area contributed by atoms with Crippen LogP contribution in [0, 0.1) is 0 Å².